The summed E-state index contributed by atoms with van der Waals surface area (Å²) >= 11 is 0. The molecule has 1 N–H and O–H groups in total. The summed E-state index contributed by atoms with van der Waals surface area (Å²) in [6.07, 6.45) is 5.20. The standard InChI is InChI=1S/C15H27NO4/c1-3-7-16-14-10-19-9-13(14)15(17)20-12-6-4-5-11(8-12)18-2/h11-14,16H,3-10H2,1-2H3. The first-order valence-corrected chi connectivity index (χ1v) is 7.79. The zero-order chi connectivity index (χ0) is 14.4. The summed E-state index contributed by atoms with van der Waals surface area (Å²) in [5.74, 6) is -0.276. The molecule has 1 aliphatic heterocycles. The quantitative estimate of drug-likeness (QED) is 0.750. The van der Waals surface area contributed by atoms with Crippen molar-refractivity contribution in [2.45, 2.75) is 57.3 Å². The Morgan fingerprint density at radius 1 is 1.30 bits per heavy atom. The first-order valence-electron chi connectivity index (χ1n) is 7.79. The van der Waals surface area contributed by atoms with Crippen LogP contribution in [-0.4, -0.2) is 51.1 Å². The molecule has 1 heterocycles. The molecule has 5 heteroatoms. The average Bonchev–Trinajstić information content (AvgIpc) is 2.93. The molecular formula is C15H27NO4. The van der Waals surface area contributed by atoms with Crippen LogP contribution in [0.2, 0.25) is 0 Å². The van der Waals surface area contributed by atoms with Gasteiger partial charge in [-0.15, -0.1) is 0 Å². The Bertz CT molecular complexity index is 310. The summed E-state index contributed by atoms with van der Waals surface area (Å²) in [4.78, 5) is 12.3. The molecule has 4 atom stereocenters. The van der Waals surface area contributed by atoms with Crippen LogP contribution < -0.4 is 5.32 Å². The van der Waals surface area contributed by atoms with Crippen molar-refractivity contribution in [1.82, 2.24) is 5.32 Å². The molecule has 2 fully saturated rings. The number of nitrogens with one attached hydrogen (secondary N) is 1. The Morgan fingerprint density at radius 2 is 2.10 bits per heavy atom. The van der Waals surface area contributed by atoms with Crippen molar-refractivity contribution in [3.8, 4) is 0 Å². The van der Waals surface area contributed by atoms with E-state index in [4.69, 9.17) is 14.2 Å². The van der Waals surface area contributed by atoms with E-state index in [2.05, 4.69) is 12.2 Å². The Labute approximate surface area is 121 Å². The first kappa shape index (κ1) is 15.7. The van der Waals surface area contributed by atoms with Crippen molar-refractivity contribution in [2.24, 2.45) is 5.92 Å². The van der Waals surface area contributed by atoms with Gasteiger partial charge in [0.25, 0.3) is 0 Å². The van der Waals surface area contributed by atoms with Crippen LogP contribution in [0, 0.1) is 5.92 Å². The summed E-state index contributed by atoms with van der Waals surface area (Å²) in [6, 6.07) is 0.101. The van der Waals surface area contributed by atoms with E-state index >= 15 is 0 Å². The number of rotatable bonds is 6. The van der Waals surface area contributed by atoms with E-state index in [0.29, 0.717) is 13.2 Å². The van der Waals surface area contributed by atoms with Crippen molar-refractivity contribution in [3.63, 3.8) is 0 Å². The van der Waals surface area contributed by atoms with Gasteiger partial charge in [-0.05, 0) is 32.2 Å². The second-order valence-corrected chi connectivity index (χ2v) is 5.79. The minimum Gasteiger partial charge on any atom is -0.462 e. The fourth-order valence-electron chi connectivity index (χ4n) is 2.99. The fourth-order valence-corrected chi connectivity index (χ4v) is 2.99. The number of ether oxygens (including phenoxy) is 3. The molecule has 0 radical (unpaired) electrons. The molecule has 2 rings (SSSR count). The van der Waals surface area contributed by atoms with Crippen LogP contribution in [0.25, 0.3) is 0 Å². The third kappa shape index (κ3) is 4.17. The molecule has 0 aromatic heterocycles. The Morgan fingerprint density at radius 3 is 2.85 bits per heavy atom. The van der Waals surface area contributed by atoms with Gasteiger partial charge in [-0.3, -0.25) is 4.79 Å². The maximum atomic E-state index is 12.3. The number of hydrogen-bond donors (Lipinski definition) is 1. The minimum atomic E-state index is -0.163. The molecule has 1 saturated carbocycles. The second kappa shape index (κ2) is 7.96. The van der Waals surface area contributed by atoms with Gasteiger partial charge in [0.2, 0.25) is 0 Å². The number of carbonyl (C=O) groups excluding carboxylic acids is 1. The zero-order valence-corrected chi connectivity index (χ0v) is 12.6. The Hall–Kier alpha value is -0.650. The van der Waals surface area contributed by atoms with Crippen LogP contribution in [0.4, 0.5) is 0 Å². The van der Waals surface area contributed by atoms with E-state index < -0.39 is 0 Å². The van der Waals surface area contributed by atoms with Crippen molar-refractivity contribution in [1.29, 1.82) is 0 Å². The molecule has 1 aliphatic carbocycles. The van der Waals surface area contributed by atoms with E-state index in [9.17, 15) is 4.79 Å². The predicted octanol–water partition coefficient (Wildman–Crippen LogP) is 1.50. The topological polar surface area (TPSA) is 56.8 Å². The van der Waals surface area contributed by atoms with Gasteiger partial charge in [0.1, 0.15) is 6.10 Å². The molecule has 0 aromatic carbocycles. The highest BCUT2D eigenvalue weighted by Crippen LogP contribution is 2.25. The Balaban J connectivity index is 1.81. The predicted molar refractivity (Wildman–Crippen MR) is 75.5 cm³/mol. The van der Waals surface area contributed by atoms with Gasteiger partial charge in [-0.2, -0.15) is 0 Å². The summed E-state index contributed by atoms with van der Waals surface area (Å²) in [5, 5.41) is 3.37. The van der Waals surface area contributed by atoms with Gasteiger partial charge in [-0.25, -0.2) is 0 Å². The van der Waals surface area contributed by atoms with E-state index in [-0.39, 0.29) is 30.1 Å². The number of methoxy groups -OCH3 is 1. The van der Waals surface area contributed by atoms with Gasteiger partial charge < -0.3 is 19.5 Å². The number of hydrogen-bond acceptors (Lipinski definition) is 5. The largest absolute Gasteiger partial charge is 0.462 e. The normalized spacial score (nSPS) is 34.1. The highest BCUT2D eigenvalue weighted by molar-refractivity contribution is 5.74. The molecule has 4 unspecified atom stereocenters. The van der Waals surface area contributed by atoms with E-state index in [1.807, 2.05) is 0 Å². The lowest BCUT2D eigenvalue weighted by atomic mass is 9.94. The lowest BCUT2D eigenvalue weighted by Crippen LogP contribution is -2.42. The van der Waals surface area contributed by atoms with Crippen molar-refractivity contribution in [2.75, 3.05) is 26.9 Å². The highest BCUT2D eigenvalue weighted by atomic mass is 16.6. The SMILES string of the molecule is CCCNC1COCC1C(=O)OC1CCCC(OC)C1. The molecule has 1 saturated heterocycles. The van der Waals surface area contributed by atoms with Crippen LogP contribution in [0.15, 0.2) is 0 Å². The number of esters is 1. The smallest absolute Gasteiger partial charge is 0.313 e. The summed E-state index contributed by atoms with van der Waals surface area (Å²) in [5.41, 5.74) is 0. The van der Waals surface area contributed by atoms with Gasteiger partial charge in [0.15, 0.2) is 0 Å². The highest BCUT2D eigenvalue weighted by Gasteiger charge is 2.36. The summed E-state index contributed by atoms with van der Waals surface area (Å²) in [6.45, 7) is 4.10. The molecule has 0 amide bonds. The Kier molecular flexibility index (Phi) is 6.26. The second-order valence-electron chi connectivity index (χ2n) is 5.79. The van der Waals surface area contributed by atoms with Gasteiger partial charge >= 0.3 is 5.97 Å². The summed E-state index contributed by atoms with van der Waals surface area (Å²) in [7, 11) is 1.73. The average molecular weight is 285 g/mol. The minimum absolute atomic E-state index is 0.00799. The van der Waals surface area contributed by atoms with Crippen LogP contribution in [0.5, 0.6) is 0 Å². The molecule has 20 heavy (non-hydrogen) atoms. The molecule has 5 nitrogen and oxygen atoms in total. The molecule has 0 aromatic rings. The van der Waals surface area contributed by atoms with Crippen LogP contribution in [0.3, 0.4) is 0 Å². The maximum absolute atomic E-state index is 12.3. The van der Waals surface area contributed by atoms with Crippen molar-refractivity contribution >= 4 is 5.97 Å². The van der Waals surface area contributed by atoms with Crippen LogP contribution in [0.1, 0.15) is 39.0 Å². The van der Waals surface area contributed by atoms with Gasteiger partial charge in [-0.1, -0.05) is 6.92 Å². The monoisotopic (exact) mass is 285 g/mol. The lowest BCUT2D eigenvalue weighted by Gasteiger charge is -2.29. The molecule has 0 bridgehead atoms. The molecule has 2 aliphatic rings. The molecule has 0 spiro atoms. The third-order valence-electron chi connectivity index (χ3n) is 4.23. The molecule has 116 valence electrons. The molecular weight excluding hydrogens is 258 g/mol. The van der Waals surface area contributed by atoms with Crippen molar-refractivity contribution in [3.05, 3.63) is 0 Å². The zero-order valence-electron chi connectivity index (χ0n) is 12.6. The fraction of sp³-hybridized carbons (Fsp3) is 0.933. The van der Waals surface area contributed by atoms with Crippen molar-refractivity contribution < 1.29 is 19.0 Å². The number of carbonyl (C=O) groups is 1. The maximum Gasteiger partial charge on any atom is 0.313 e. The lowest BCUT2D eigenvalue weighted by molar-refractivity contribution is -0.158. The van der Waals surface area contributed by atoms with Crippen LogP contribution >= 0.6 is 0 Å². The first-order chi connectivity index (χ1) is 9.74. The van der Waals surface area contributed by atoms with Crippen LogP contribution in [-0.2, 0) is 19.0 Å². The van der Waals surface area contributed by atoms with E-state index in [0.717, 1.165) is 38.6 Å². The third-order valence-corrected chi connectivity index (χ3v) is 4.23. The van der Waals surface area contributed by atoms with E-state index in [1.54, 1.807) is 7.11 Å². The van der Waals surface area contributed by atoms with Gasteiger partial charge in [0, 0.05) is 19.6 Å². The van der Waals surface area contributed by atoms with E-state index in [1.165, 1.54) is 0 Å². The van der Waals surface area contributed by atoms with Gasteiger partial charge in [0.05, 0.1) is 25.2 Å². The summed E-state index contributed by atoms with van der Waals surface area (Å²) < 4.78 is 16.5.